The second-order valence-corrected chi connectivity index (χ2v) is 9.39. The molecule has 0 amide bonds. The summed E-state index contributed by atoms with van der Waals surface area (Å²) in [5.41, 5.74) is 1.95. The highest BCUT2D eigenvalue weighted by Crippen LogP contribution is 2.30. The van der Waals surface area contributed by atoms with Crippen molar-refractivity contribution in [1.29, 1.82) is 0 Å². The fraction of sp³-hybridized carbons (Fsp3) is 0. The van der Waals surface area contributed by atoms with Gasteiger partial charge in [-0.3, -0.25) is 14.1 Å². The van der Waals surface area contributed by atoms with Gasteiger partial charge in [-0.25, -0.2) is 4.98 Å². The van der Waals surface area contributed by atoms with Crippen molar-refractivity contribution in [3.8, 4) is 34.0 Å². The van der Waals surface area contributed by atoms with E-state index in [1.807, 2.05) is 6.07 Å². The molecule has 0 bridgehead atoms. The van der Waals surface area contributed by atoms with Crippen LogP contribution in [0.2, 0.25) is 0 Å². The third-order valence-electron chi connectivity index (χ3n) is 4.42. The molecule has 4 rings (SSSR count). The fourth-order valence-electron chi connectivity index (χ4n) is 2.90. The molecule has 0 aliphatic rings. The van der Waals surface area contributed by atoms with E-state index in [2.05, 4.69) is 20.2 Å². The molecule has 0 atom stereocenters. The van der Waals surface area contributed by atoms with E-state index in [-0.39, 0.29) is 21.3 Å². The van der Waals surface area contributed by atoms with Gasteiger partial charge in [0.25, 0.3) is 20.2 Å². The Bertz CT molecular complexity index is 1510. The summed E-state index contributed by atoms with van der Waals surface area (Å²) < 4.78 is 64.0. The van der Waals surface area contributed by atoms with Crippen LogP contribution < -0.4 is 0 Å². The highest BCUT2D eigenvalue weighted by Gasteiger charge is 2.18. The molecule has 0 fully saturated rings. The van der Waals surface area contributed by atoms with Crippen LogP contribution in [0, 0.1) is 0 Å². The van der Waals surface area contributed by atoms with E-state index in [1.54, 1.807) is 24.3 Å². The summed E-state index contributed by atoms with van der Waals surface area (Å²) >= 11 is 0. The molecule has 0 radical (unpaired) electrons. The lowest BCUT2D eigenvalue weighted by Crippen LogP contribution is -2.03. The van der Waals surface area contributed by atoms with E-state index in [4.69, 9.17) is 0 Å². The molecule has 12 heteroatoms. The third kappa shape index (κ3) is 4.53. The van der Waals surface area contributed by atoms with Gasteiger partial charge in [0.15, 0.2) is 0 Å². The van der Waals surface area contributed by atoms with Crippen LogP contribution in [0.25, 0.3) is 34.0 Å². The molecule has 0 saturated heterocycles. The molecule has 10 nitrogen and oxygen atoms in total. The molecular weight excluding hydrogens is 456 g/mol. The van der Waals surface area contributed by atoms with Gasteiger partial charge < -0.3 is 0 Å². The van der Waals surface area contributed by atoms with Crippen LogP contribution >= 0.6 is 0 Å². The van der Waals surface area contributed by atoms with Gasteiger partial charge in [0.05, 0.1) is 9.79 Å². The van der Waals surface area contributed by atoms with Gasteiger partial charge in [0.2, 0.25) is 5.82 Å². The molecule has 2 aromatic carbocycles. The molecule has 0 aliphatic carbocycles. The quantitative estimate of drug-likeness (QED) is 0.415. The maximum Gasteiger partial charge on any atom is 0.294 e. The molecule has 2 aromatic heterocycles. The molecule has 0 unspecified atom stereocenters. The van der Waals surface area contributed by atoms with Crippen molar-refractivity contribution in [3.63, 3.8) is 0 Å². The molecule has 2 heterocycles. The van der Waals surface area contributed by atoms with E-state index in [9.17, 15) is 25.9 Å². The van der Waals surface area contributed by atoms with Crippen molar-refractivity contribution in [1.82, 2.24) is 20.2 Å². The maximum atomic E-state index is 11.5. The Morgan fingerprint density at radius 1 is 0.656 bits per heavy atom. The van der Waals surface area contributed by atoms with Crippen LogP contribution in [0.3, 0.4) is 0 Å². The summed E-state index contributed by atoms with van der Waals surface area (Å²) in [6.07, 6.45) is 1.20. The zero-order valence-electron chi connectivity index (χ0n) is 16.1. The van der Waals surface area contributed by atoms with Gasteiger partial charge in [-0.1, -0.05) is 42.5 Å². The fourth-order valence-corrected chi connectivity index (χ4v) is 3.88. The Hall–Kier alpha value is -3.58. The number of pyridine rings is 1. The van der Waals surface area contributed by atoms with E-state index in [1.165, 1.54) is 30.5 Å². The number of benzene rings is 2. The second-order valence-electron chi connectivity index (χ2n) is 6.55. The molecular formula is C20H14N4O6S2. The first-order chi connectivity index (χ1) is 15.1. The Morgan fingerprint density at radius 3 is 1.91 bits per heavy atom. The number of aromatic nitrogens is 4. The minimum atomic E-state index is -4.45. The molecule has 0 spiro atoms. The standard InChI is InChI=1S/C20H14N4O6S2/c25-31(26,27)15-8-6-14(7-9-15)19-18(13-4-2-1-3-5-13)22-20(24-23-19)17-12-16(10-11-21-17)32(28,29)30/h1-12H,(H,25,26,27)(H,28,29,30). The summed E-state index contributed by atoms with van der Waals surface area (Å²) in [6, 6.07) is 16.6. The van der Waals surface area contributed by atoms with Crippen molar-refractivity contribution in [3.05, 3.63) is 72.9 Å². The third-order valence-corrected chi connectivity index (χ3v) is 6.14. The average molecular weight is 470 g/mol. The number of nitrogens with zero attached hydrogens (tertiary/aromatic N) is 4. The minimum Gasteiger partial charge on any atom is -0.282 e. The average Bonchev–Trinajstić information content (AvgIpc) is 2.78. The molecule has 32 heavy (non-hydrogen) atoms. The zero-order chi connectivity index (χ0) is 22.9. The lowest BCUT2D eigenvalue weighted by atomic mass is 10.0. The summed E-state index contributed by atoms with van der Waals surface area (Å²) in [4.78, 5) is 7.93. The minimum absolute atomic E-state index is 0.0210. The van der Waals surface area contributed by atoms with Crippen LogP contribution in [0.1, 0.15) is 0 Å². The molecule has 0 aliphatic heterocycles. The van der Waals surface area contributed by atoms with Gasteiger partial charge >= 0.3 is 0 Å². The molecule has 162 valence electrons. The van der Waals surface area contributed by atoms with Gasteiger partial charge in [-0.05, 0) is 24.3 Å². The summed E-state index contributed by atoms with van der Waals surface area (Å²) in [5.74, 6) is 0.0210. The van der Waals surface area contributed by atoms with Gasteiger partial charge in [-0.2, -0.15) is 16.8 Å². The first-order valence-electron chi connectivity index (χ1n) is 8.95. The first-order valence-corrected chi connectivity index (χ1v) is 11.8. The van der Waals surface area contributed by atoms with Gasteiger partial charge in [0, 0.05) is 17.3 Å². The number of hydrogen-bond acceptors (Lipinski definition) is 8. The predicted molar refractivity (Wildman–Crippen MR) is 114 cm³/mol. The van der Waals surface area contributed by atoms with Crippen LogP contribution in [0.4, 0.5) is 0 Å². The monoisotopic (exact) mass is 470 g/mol. The van der Waals surface area contributed by atoms with Crippen LogP contribution in [0.15, 0.2) is 82.7 Å². The molecule has 0 saturated carbocycles. The maximum absolute atomic E-state index is 11.5. The van der Waals surface area contributed by atoms with Crippen LogP contribution in [0.5, 0.6) is 0 Å². The van der Waals surface area contributed by atoms with E-state index in [0.29, 0.717) is 22.5 Å². The van der Waals surface area contributed by atoms with Crippen molar-refractivity contribution >= 4 is 20.2 Å². The first kappa shape index (κ1) is 21.6. The van der Waals surface area contributed by atoms with Gasteiger partial charge in [0.1, 0.15) is 17.1 Å². The Balaban J connectivity index is 1.88. The summed E-state index contributed by atoms with van der Waals surface area (Å²) in [5, 5.41) is 8.25. The zero-order valence-corrected chi connectivity index (χ0v) is 17.7. The van der Waals surface area contributed by atoms with Crippen molar-refractivity contribution in [2.75, 3.05) is 0 Å². The van der Waals surface area contributed by atoms with Crippen molar-refractivity contribution < 1.29 is 25.9 Å². The summed E-state index contributed by atoms with van der Waals surface area (Å²) in [7, 11) is -8.80. The SMILES string of the molecule is O=S(=O)(O)c1ccc(-c2nnc(-c3cc(S(=O)(=O)O)ccn3)nc2-c2ccccc2)cc1. The van der Waals surface area contributed by atoms with Crippen molar-refractivity contribution in [2.24, 2.45) is 0 Å². The smallest absolute Gasteiger partial charge is 0.282 e. The van der Waals surface area contributed by atoms with Crippen molar-refractivity contribution in [2.45, 2.75) is 9.79 Å². The summed E-state index contributed by atoms with van der Waals surface area (Å²) in [6.45, 7) is 0. The molecule has 2 N–H and O–H groups in total. The largest absolute Gasteiger partial charge is 0.294 e. The van der Waals surface area contributed by atoms with Crippen LogP contribution in [-0.2, 0) is 20.2 Å². The van der Waals surface area contributed by atoms with E-state index in [0.717, 1.165) is 12.1 Å². The highest BCUT2D eigenvalue weighted by atomic mass is 32.2. The second kappa shape index (κ2) is 8.16. The van der Waals surface area contributed by atoms with E-state index >= 15 is 0 Å². The topological polar surface area (TPSA) is 160 Å². The lowest BCUT2D eigenvalue weighted by Gasteiger charge is -2.10. The van der Waals surface area contributed by atoms with Crippen LogP contribution in [-0.4, -0.2) is 46.1 Å². The Labute approximate surface area is 183 Å². The lowest BCUT2D eigenvalue weighted by molar-refractivity contribution is 0.481. The normalized spacial score (nSPS) is 11.9. The predicted octanol–water partition coefficient (Wildman–Crippen LogP) is 2.76. The number of rotatable bonds is 5. The highest BCUT2D eigenvalue weighted by molar-refractivity contribution is 7.86. The Kier molecular flexibility index (Phi) is 5.52. The number of hydrogen-bond donors (Lipinski definition) is 2. The van der Waals surface area contributed by atoms with Gasteiger partial charge in [-0.15, -0.1) is 10.2 Å². The molecule has 4 aromatic rings. The Morgan fingerprint density at radius 2 is 1.28 bits per heavy atom. The van der Waals surface area contributed by atoms with E-state index < -0.39 is 20.2 Å².